The van der Waals surface area contributed by atoms with E-state index in [1.807, 2.05) is 36.4 Å². The topological polar surface area (TPSA) is 66.8 Å². The molecule has 0 bridgehead atoms. The Kier molecular flexibility index (Phi) is 7.49. The van der Waals surface area contributed by atoms with Gasteiger partial charge in [0.05, 0.1) is 43.3 Å². The maximum Gasteiger partial charge on any atom is 0.197 e. The minimum Gasteiger partial charge on any atom is -0.492 e. The molecule has 0 spiro atoms. The molecule has 1 aromatic heterocycles. The Hall–Kier alpha value is -1.70. The SMILES string of the molecule is CC[N+](CCO)(CCO)CCCOc1ccc2sc3ccccc3c(=O)c2c1Cl. The molecule has 0 atom stereocenters. The second-order valence-corrected chi connectivity index (χ2v) is 8.62. The van der Waals surface area contributed by atoms with E-state index < -0.39 is 0 Å². The van der Waals surface area contributed by atoms with Crippen LogP contribution in [0, 0.1) is 0 Å². The van der Waals surface area contributed by atoms with Gasteiger partial charge in [-0.3, -0.25) is 4.79 Å². The average Bonchev–Trinajstić information content (AvgIpc) is 2.73. The monoisotopic (exact) mass is 436 g/mol. The normalized spacial score (nSPS) is 12.0. The Bertz CT molecular complexity index is 1030. The van der Waals surface area contributed by atoms with E-state index in [1.165, 1.54) is 0 Å². The summed E-state index contributed by atoms with van der Waals surface area (Å²) in [6, 6.07) is 11.2. The fourth-order valence-corrected chi connectivity index (χ4v) is 5.21. The number of aliphatic hydroxyl groups is 2. The Morgan fingerprint density at radius 2 is 1.76 bits per heavy atom. The van der Waals surface area contributed by atoms with Crippen molar-refractivity contribution in [2.24, 2.45) is 0 Å². The van der Waals surface area contributed by atoms with Gasteiger partial charge in [0.1, 0.15) is 18.8 Å². The minimum atomic E-state index is -0.0719. The van der Waals surface area contributed by atoms with Crippen molar-refractivity contribution in [3.05, 3.63) is 51.6 Å². The van der Waals surface area contributed by atoms with Gasteiger partial charge in [-0.05, 0) is 31.2 Å². The molecule has 0 saturated carbocycles. The van der Waals surface area contributed by atoms with Gasteiger partial charge in [0, 0.05) is 21.2 Å². The van der Waals surface area contributed by atoms with Crippen LogP contribution < -0.4 is 10.2 Å². The summed E-state index contributed by atoms with van der Waals surface area (Å²) in [5.41, 5.74) is -0.0719. The van der Waals surface area contributed by atoms with Crippen molar-refractivity contribution in [1.82, 2.24) is 0 Å². The summed E-state index contributed by atoms with van der Waals surface area (Å²) >= 11 is 8.10. The highest BCUT2D eigenvalue weighted by Gasteiger charge is 2.23. The lowest BCUT2D eigenvalue weighted by atomic mass is 10.2. The minimum absolute atomic E-state index is 0.0719. The second kappa shape index (κ2) is 9.87. The lowest BCUT2D eigenvalue weighted by molar-refractivity contribution is -0.927. The van der Waals surface area contributed by atoms with Crippen molar-refractivity contribution < 1.29 is 19.4 Å². The largest absolute Gasteiger partial charge is 0.492 e. The average molecular weight is 437 g/mol. The molecule has 7 heteroatoms. The summed E-state index contributed by atoms with van der Waals surface area (Å²) in [5, 5.41) is 20.2. The third-order valence-corrected chi connectivity index (χ3v) is 7.01. The van der Waals surface area contributed by atoms with Crippen molar-refractivity contribution in [1.29, 1.82) is 0 Å². The molecule has 1 heterocycles. The number of ether oxygens (including phenoxy) is 1. The first-order valence-electron chi connectivity index (χ1n) is 9.89. The zero-order valence-corrected chi connectivity index (χ0v) is 18.1. The molecule has 5 nitrogen and oxygen atoms in total. The molecule has 2 aromatic carbocycles. The van der Waals surface area contributed by atoms with Crippen LogP contribution >= 0.6 is 22.9 Å². The zero-order valence-electron chi connectivity index (χ0n) is 16.6. The number of likely N-dealkylation sites (N-methyl/N-ethyl adjacent to an activating group) is 1. The number of halogens is 1. The number of quaternary nitrogens is 1. The molecule has 2 N–H and O–H groups in total. The Balaban J connectivity index is 1.77. The lowest BCUT2D eigenvalue weighted by Crippen LogP contribution is -2.52. The van der Waals surface area contributed by atoms with Crippen molar-refractivity contribution in [3.63, 3.8) is 0 Å². The van der Waals surface area contributed by atoms with Gasteiger partial charge in [-0.2, -0.15) is 0 Å². The molecule has 0 unspecified atom stereocenters. The van der Waals surface area contributed by atoms with Gasteiger partial charge in [0.2, 0.25) is 0 Å². The molecule has 0 aliphatic rings. The first-order valence-corrected chi connectivity index (χ1v) is 11.1. The molecule has 0 saturated heterocycles. The Morgan fingerprint density at radius 3 is 2.45 bits per heavy atom. The molecule has 0 amide bonds. The van der Waals surface area contributed by atoms with Gasteiger partial charge < -0.3 is 19.4 Å². The van der Waals surface area contributed by atoms with Crippen LogP contribution in [0.2, 0.25) is 5.02 Å². The number of rotatable bonds is 10. The molecule has 0 fully saturated rings. The number of hydrogen-bond donors (Lipinski definition) is 2. The van der Waals surface area contributed by atoms with Gasteiger partial charge in [0.15, 0.2) is 5.43 Å². The van der Waals surface area contributed by atoms with Crippen molar-refractivity contribution in [2.75, 3.05) is 46.0 Å². The molecular formula is C22H27ClNO4S+. The highest BCUT2D eigenvalue weighted by atomic mass is 35.5. The molecular weight excluding hydrogens is 410 g/mol. The molecule has 156 valence electrons. The van der Waals surface area contributed by atoms with Gasteiger partial charge in [0.25, 0.3) is 0 Å². The molecule has 0 aliphatic carbocycles. The Morgan fingerprint density at radius 1 is 1.03 bits per heavy atom. The fourth-order valence-electron chi connectivity index (χ4n) is 3.76. The van der Waals surface area contributed by atoms with E-state index in [2.05, 4.69) is 6.92 Å². The van der Waals surface area contributed by atoms with E-state index in [0.717, 1.165) is 28.9 Å². The van der Waals surface area contributed by atoms with Crippen LogP contribution in [0.15, 0.2) is 41.2 Å². The van der Waals surface area contributed by atoms with Crippen LogP contribution in [0.5, 0.6) is 5.75 Å². The summed E-state index contributed by atoms with van der Waals surface area (Å²) in [7, 11) is 0. The number of aliphatic hydroxyl groups excluding tert-OH is 2. The second-order valence-electron chi connectivity index (χ2n) is 7.16. The zero-order chi connectivity index (χ0) is 20.9. The fraction of sp³-hybridized carbons (Fsp3) is 0.409. The van der Waals surface area contributed by atoms with E-state index in [0.29, 0.717) is 45.7 Å². The molecule has 3 rings (SSSR count). The van der Waals surface area contributed by atoms with Crippen molar-refractivity contribution in [3.8, 4) is 5.75 Å². The standard InChI is InChI=1S/C22H27ClNO4S/c1-2-24(11-13-25,12-14-26)10-5-15-28-17-8-9-19-20(21(17)23)22(27)16-6-3-4-7-18(16)29-19/h3-4,6-9,25-26H,2,5,10-15H2,1H3/q+1. The van der Waals surface area contributed by atoms with E-state index in [1.54, 1.807) is 11.3 Å². The van der Waals surface area contributed by atoms with Crippen LogP contribution in [-0.2, 0) is 0 Å². The smallest absolute Gasteiger partial charge is 0.197 e. The maximum absolute atomic E-state index is 12.9. The highest BCUT2D eigenvalue weighted by Crippen LogP contribution is 2.35. The van der Waals surface area contributed by atoms with Gasteiger partial charge in [-0.1, -0.05) is 23.7 Å². The summed E-state index contributed by atoms with van der Waals surface area (Å²) in [5.74, 6) is 0.512. The quantitative estimate of drug-likeness (QED) is 0.289. The van der Waals surface area contributed by atoms with E-state index in [9.17, 15) is 15.0 Å². The third-order valence-electron chi connectivity index (χ3n) is 5.50. The molecule has 0 radical (unpaired) electrons. The van der Waals surface area contributed by atoms with Crippen LogP contribution in [0.25, 0.3) is 20.2 Å². The molecule has 0 aliphatic heterocycles. The van der Waals surface area contributed by atoms with Gasteiger partial charge in [-0.25, -0.2) is 0 Å². The first kappa shape index (κ1) is 22.0. The number of hydrogen-bond acceptors (Lipinski definition) is 5. The van der Waals surface area contributed by atoms with Crippen LogP contribution in [0.1, 0.15) is 13.3 Å². The maximum atomic E-state index is 12.9. The molecule has 29 heavy (non-hydrogen) atoms. The van der Waals surface area contributed by atoms with Gasteiger partial charge >= 0.3 is 0 Å². The number of nitrogens with zero attached hydrogens (tertiary/aromatic N) is 1. The summed E-state index contributed by atoms with van der Waals surface area (Å²) in [6.07, 6.45) is 0.757. The number of fused-ring (bicyclic) bond motifs is 2. The highest BCUT2D eigenvalue weighted by molar-refractivity contribution is 7.24. The predicted octanol–water partition coefficient (Wildman–Crippen LogP) is 3.66. The van der Waals surface area contributed by atoms with Crippen LogP contribution in [-0.4, -0.2) is 60.7 Å². The lowest BCUT2D eigenvalue weighted by Gasteiger charge is -2.36. The number of benzene rings is 2. The summed E-state index contributed by atoms with van der Waals surface area (Å²) in [6.45, 7) is 5.55. The van der Waals surface area contributed by atoms with E-state index >= 15 is 0 Å². The summed E-state index contributed by atoms with van der Waals surface area (Å²) in [4.78, 5) is 12.9. The summed E-state index contributed by atoms with van der Waals surface area (Å²) < 4.78 is 8.35. The van der Waals surface area contributed by atoms with Crippen molar-refractivity contribution >= 4 is 43.1 Å². The first-order chi connectivity index (χ1) is 14.0. The van der Waals surface area contributed by atoms with E-state index in [-0.39, 0.29) is 18.6 Å². The van der Waals surface area contributed by atoms with Crippen molar-refractivity contribution in [2.45, 2.75) is 13.3 Å². The van der Waals surface area contributed by atoms with Gasteiger partial charge in [-0.15, -0.1) is 11.3 Å². The Labute approximate surface area is 179 Å². The van der Waals surface area contributed by atoms with Crippen LogP contribution in [0.4, 0.5) is 0 Å². The van der Waals surface area contributed by atoms with Crippen LogP contribution in [0.3, 0.4) is 0 Å². The molecule has 3 aromatic rings. The van der Waals surface area contributed by atoms with E-state index in [4.69, 9.17) is 16.3 Å². The predicted molar refractivity (Wildman–Crippen MR) is 120 cm³/mol. The third kappa shape index (κ3) is 4.73.